The summed E-state index contributed by atoms with van der Waals surface area (Å²) in [7, 11) is 0. The fourth-order valence-corrected chi connectivity index (χ4v) is 0.302. The lowest BCUT2D eigenvalue weighted by atomic mass is 10.3. The third kappa shape index (κ3) is 3.63. The summed E-state index contributed by atoms with van der Waals surface area (Å²) in [5.41, 5.74) is 6.72. The predicted octanol–water partition coefficient (Wildman–Crippen LogP) is -2.11. The molecule has 0 aromatic rings. The van der Waals surface area contributed by atoms with E-state index < -0.39 is 5.91 Å². The second-order valence-electron chi connectivity index (χ2n) is 1.49. The Kier molecular flexibility index (Phi) is 3.57. The van der Waals surface area contributed by atoms with E-state index in [0.29, 0.717) is 0 Å². The smallest absolute Gasteiger partial charge is 0.241 e. The van der Waals surface area contributed by atoms with Crippen molar-refractivity contribution in [3.05, 3.63) is 0 Å². The summed E-state index contributed by atoms with van der Waals surface area (Å²) in [4.78, 5) is 20.6. The van der Waals surface area contributed by atoms with Crippen molar-refractivity contribution in [3.63, 3.8) is 0 Å². The molecule has 0 heterocycles. The van der Waals surface area contributed by atoms with Crippen LogP contribution in [0.15, 0.2) is 0 Å². The van der Waals surface area contributed by atoms with Crippen molar-refractivity contribution < 1.29 is 9.59 Å². The molecule has 0 fully saturated rings. The summed E-state index contributed by atoms with van der Waals surface area (Å²) in [6.45, 7) is -0.118. The fraction of sp³-hybridized carbons (Fsp3) is 0.500. The lowest BCUT2D eigenvalue weighted by Crippen LogP contribution is -2.33. The van der Waals surface area contributed by atoms with E-state index in [-0.39, 0.29) is 18.7 Å². The van der Waals surface area contributed by atoms with Crippen molar-refractivity contribution >= 4 is 11.7 Å². The summed E-state index contributed by atoms with van der Waals surface area (Å²) in [5, 5.41) is 0. The van der Waals surface area contributed by atoms with Crippen LogP contribution in [0.25, 0.3) is 0 Å². The quantitative estimate of drug-likeness (QED) is 0.177. The van der Waals surface area contributed by atoms with Gasteiger partial charge in [0.1, 0.15) is 0 Å². The van der Waals surface area contributed by atoms with Crippen LogP contribution in [0.1, 0.15) is 6.42 Å². The molecule has 52 valence electrons. The zero-order chi connectivity index (χ0) is 7.28. The van der Waals surface area contributed by atoms with Crippen LogP contribution >= 0.6 is 0 Å². The number of nitrogens with two attached hydrogens (primary N) is 2. The van der Waals surface area contributed by atoms with Crippen LogP contribution in [0, 0.1) is 0 Å². The molecule has 5 heteroatoms. The van der Waals surface area contributed by atoms with Gasteiger partial charge in [-0.1, -0.05) is 0 Å². The number of carbonyl (C=O) groups excluding carboxylic acids is 2. The minimum atomic E-state index is -0.509. The molecule has 0 rings (SSSR count). The van der Waals surface area contributed by atoms with E-state index in [1.54, 1.807) is 0 Å². The molecular weight excluding hydrogens is 122 g/mol. The van der Waals surface area contributed by atoms with E-state index in [0.717, 1.165) is 0 Å². The van der Waals surface area contributed by atoms with Gasteiger partial charge in [-0.2, -0.15) is 0 Å². The van der Waals surface area contributed by atoms with Gasteiger partial charge in [0.05, 0.1) is 13.0 Å². The Morgan fingerprint density at radius 1 is 1.44 bits per heavy atom. The number of amides is 1. The Bertz CT molecular complexity index is 109. The molecule has 0 aromatic carbocycles. The van der Waals surface area contributed by atoms with Crippen LogP contribution in [0.4, 0.5) is 0 Å². The Morgan fingerprint density at radius 3 is 2.33 bits per heavy atom. The maximum atomic E-state index is 10.3. The van der Waals surface area contributed by atoms with Crippen molar-refractivity contribution in [1.82, 2.24) is 5.43 Å². The van der Waals surface area contributed by atoms with E-state index >= 15 is 0 Å². The SMILES string of the molecule is NCC(=O)CC(=O)NN. The Hall–Kier alpha value is -0.940. The highest BCUT2D eigenvalue weighted by Gasteiger charge is 2.03. The van der Waals surface area contributed by atoms with Gasteiger partial charge in [-0.25, -0.2) is 5.84 Å². The van der Waals surface area contributed by atoms with Crippen molar-refractivity contribution in [2.45, 2.75) is 6.42 Å². The van der Waals surface area contributed by atoms with Crippen LogP contribution in [0.2, 0.25) is 0 Å². The summed E-state index contributed by atoms with van der Waals surface area (Å²) < 4.78 is 0. The summed E-state index contributed by atoms with van der Waals surface area (Å²) in [6, 6.07) is 0. The number of ketones is 1. The first-order valence-electron chi connectivity index (χ1n) is 2.42. The second kappa shape index (κ2) is 3.99. The molecular formula is C4H9N3O2. The molecule has 0 aliphatic heterocycles. The van der Waals surface area contributed by atoms with Gasteiger partial charge in [0, 0.05) is 0 Å². The summed E-state index contributed by atoms with van der Waals surface area (Å²) in [6.07, 6.45) is -0.229. The summed E-state index contributed by atoms with van der Waals surface area (Å²) >= 11 is 0. The summed E-state index contributed by atoms with van der Waals surface area (Å²) in [5.74, 6) is 3.85. The van der Waals surface area contributed by atoms with Gasteiger partial charge in [0.15, 0.2) is 5.78 Å². The van der Waals surface area contributed by atoms with Crippen molar-refractivity contribution in [2.75, 3.05) is 6.54 Å². The largest absolute Gasteiger partial charge is 0.324 e. The molecule has 1 amide bonds. The van der Waals surface area contributed by atoms with E-state index in [1.165, 1.54) is 0 Å². The van der Waals surface area contributed by atoms with Crippen molar-refractivity contribution in [3.8, 4) is 0 Å². The lowest BCUT2D eigenvalue weighted by Gasteiger charge is -1.94. The number of carbonyl (C=O) groups is 2. The highest BCUT2D eigenvalue weighted by Crippen LogP contribution is 1.77. The monoisotopic (exact) mass is 131 g/mol. The van der Waals surface area contributed by atoms with E-state index in [4.69, 9.17) is 5.73 Å². The van der Waals surface area contributed by atoms with Crippen LogP contribution in [0.5, 0.6) is 0 Å². The van der Waals surface area contributed by atoms with Crippen LogP contribution in [0.3, 0.4) is 0 Å². The number of rotatable bonds is 3. The molecule has 0 aliphatic rings. The third-order valence-electron chi connectivity index (χ3n) is 0.746. The molecule has 0 spiro atoms. The van der Waals surface area contributed by atoms with Gasteiger partial charge in [-0.3, -0.25) is 15.0 Å². The maximum Gasteiger partial charge on any atom is 0.241 e. The number of nitrogens with one attached hydrogen (secondary N) is 1. The zero-order valence-electron chi connectivity index (χ0n) is 4.89. The number of hydrogen-bond donors (Lipinski definition) is 3. The Morgan fingerprint density at radius 2 is 2.00 bits per heavy atom. The highest BCUT2D eigenvalue weighted by atomic mass is 16.2. The van der Waals surface area contributed by atoms with Gasteiger partial charge in [0.25, 0.3) is 0 Å². The molecule has 0 saturated heterocycles. The molecule has 0 unspecified atom stereocenters. The molecule has 0 atom stereocenters. The first kappa shape index (κ1) is 8.06. The molecule has 0 saturated carbocycles. The van der Waals surface area contributed by atoms with Gasteiger partial charge < -0.3 is 5.73 Å². The lowest BCUT2D eigenvalue weighted by molar-refractivity contribution is -0.127. The minimum absolute atomic E-state index is 0.118. The molecule has 9 heavy (non-hydrogen) atoms. The molecule has 5 nitrogen and oxygen atoms in total. The predicted molar refractivity (Wildman–Crippen MR) is 31.0 cm³/mol. The van der Waals surface area contributed by atoms with Gasteiger partial charge >= 0.3 is 0 Å². The molecule has 5 N–H and O–H groups in total. The zero-order valence-corrected chi connectivity index (χ0v) is 4.89. The van der Waals surface area contributed by atoms with Crippen LogP contribution < -0.4 is 17.0 Å². The van der Waals surface area contributed by atoms with E-state index in [9.17, 15) is 9.59 Å². The number of hydrogen-bond acceptors (Lipinski definition) is 4. The van der Waals surface area contributed by atoms with Gasteiger partial charge in [-0.15, -0.1) is 0 Å². The first-order valence-corrected chi connectivity index (χ1v) is 2.42. The van der Waals surface area contributed by atoms with Crippen LogP contribution in [-0.2, 0) is 9.59 Å². The van der Waals surface area contributed by atoms with Gasteiger partial charge in [-0.05, 0) is 0 Å². The average Bonchev–Trinajstić information content (AvgIpc) is 1.87. The third-order valence-corrected chi connectivity index (χ3v) is 0.746. The Balaban J connectivity index is 3.47. The number of Topliss-reactive ketones (excluding diaryl/α,β-unsaturated/α-hetero) is 1. The molecule has 0 aromatic heterocycles. The first-order chi connectivity index (χ1) is 4.20. The van der Waals surface area contributed by atoms with Crippen molar-refractivity contribution in [2.24, 2.45) is 11.6 Å². The molecule has 0 aliphatic carbocycles. The van der Waals surface area contributed by atoms with Gasteiger partial charge in [0.2, 0.25) is 5.91 Å². The standard InChI is InChI=1S/C4H9N3O2/c5-2-3(8)1-4(9)7-6/h1-2,5-6H2,(H,7,9). The maximum absolute atomic E-state index is 10.3. The molecule has 0 radical (unpaired) electrons. The second-order valence-corrected chi connectivity index (χ2v) is 1.49. The van der Waals surface area contributed by atoms with Crippen LogP contribution in [-0.4, -0.2) is 18.2 Å². The van der Waals surface area contributed by atoms with E-state index in [2.05, 4.69) is 5.84 Å². The fourth-order valence-electron chi connectivity index (χ4n) is 0.302. The Labute approximate surface area is 52.4 Å². The average molecular weight is 131 g/mol. The topological polar surface area (TPSA) is 98.2 Å². The minimum Gasteiger partial charge on any atom is -0.324 e. The normalized spacial score (nSPS) is 8.67. The highest BCUT2D eigenvalue weighted by molar-refractivity contribution is 5.98. The van der Waals surface area contributed by atoms with Crippen molar-refractivity contribution in [1.29, 1.82) is 0 Å². The number of hydrazine groups is 1. The molecule has 0 bridgehead atoms. The van der Waals surface area contributed by atoms with E-state index in [1.807, 2.05) is 5.43 Å².